The van der Waals surface area contributed by atoms with Crippen LogP contribution >= 0.6 is 15.9 Å². The lowest BCUT2D eigenvalue weighted by molar-refractivity contribution is 0.714. The van der Waals surface area contributed by atoms with Gasteiger partial charge in [-0.2, -0.15) is 0 Å². The summed E-state index contributed by atoms with van der Waals surface area (Å²) in [5.41, 5.74) is 8.48. The van der Waals surface area contributed by atoms with Gasteiger partial charge in [-0.05, 0) is 18.6 Å². The van der Waals surface area contributed by atoms with Gasteiger partial charge in [-0.25, -0.2) is 4.98 Å². The Bertz CT molecular complexity index is 505. The Labute approximate surface area is 103 Å². The van der Waals surface area contributed by atoms with Crippen LogP contribution in [0, 0.1) is 6.92 Å². The summed E-state index contributed by atoms with van der Waals surface area (Å²) in [4.78, 5) is 4.28. The summed E-state index contributed by atoms with van der Waals surface area (Å²) in [6.07, 6.45) is 3.66. The zero-order valence-electron chi connectivity index (χ0n) is 9.31. The maximum atomic E-state index is 6.22. The van der Waals surface area contributed by atoms with Gasteiger partial charge in [0.1, 0.15) is 5.82 Å². The number of aryl methyl sites for hydroxylation is 2. The minimum Gasteiger partial charge on any atom is -0.336 e. The minimum atomic E-state index is -0.200. The molecule has 0 fully saturated rings. The van der Waals surface area contributed by atoms with Gasteiger partial charge in [0.25, 0.3) is 0 Å². The third-order valence-corrected chi connectivity index (χ3v) is 3.35. The lowest BCUT2D eigenvalue weighted by Crippen LogP contribution is -2.17. The molecule has 0 amide bonds. The number of rotatable bonds is 2. The molecule has 1 aromatic heterocycles. The SMILES string of the molecule is Cc1ccc(Br)c(C(N)c2nccn2C)c1. The molecule has 0 aliphatic heterocycles. The maximum Gasteiger partial charge on any atom is 0.130 e. The van der Waals surface area contributed by atoms with Gasteiger partial charge >= 0.3 is 0 Å². The summed E-state index contributed by atoms with van der Waals surface area (Å²) in [7, 11) is 1.95. The van der Waals surface area contributed by atoms with Crippen LogP contribution in [0.15, 0.2) is 35.1 Å². The largest absolute Gasteiger partial charge is 0.336 e. The molecular weight excluding hydrogens is 266 g/mol. The first-order valence-electron chi connectivity index (χ1n) is 5.08. The van der Waals surface area contributed by atoms with E-state index in [2.05, 4.69) is 40.0 Å². The molecule has 3 nitrogen and oxygen atoms in total. The Hall–Kier alpha value is -1.13. The Morgan fingerprint density at radius 2 is 2.19 bits per heavy atom. The van der Waals surface area contributed by atoms with Gasteiger partial charge in [0.05, 0.1) is 6.04 Å². The van der Waals surface area contributed by atoms with Gasteiger partial charge < -0.3 is 10.3 Å². The molecule has 0 aliphatic rings. The molecule has 2 rings (SSSR count). The number of nitrogens with two attached hydrogens (primary N) is 1. The number of benzene rings is 1. The topological polar surface area (TPSA) is 43.8 Å². The zero-order chi connectivity index (χ0) is 11.7. The second-order valence-corrected chi connectivity index (χ2v) is 4.75. The number of hydrogen-bond acceptors (Lipinski definition) is 2. The van der Waals surface area contributed by atoms with Gasteiger partial charge in [0.15, 0.2) is 0 Å². The van der Waals surface area contributed by atoms with Crippen LogP contribution in [0.4, 0.5) is 0 Å². The van der Waals surface area contributed by atoms with E-state index in [0.717, 1.165) is 15.9 Å². The van der Waals surface area contributed by atoms with Crippen LogP contribution in [0.1, 0.15) is 23.0 Å². The number of hydrogen-bond donors (Lipinski definition) is 1. The fourth-order valence-corrected chi connectivity index (χ4v) is 2.21. The van der Waals surface area contributed by atoms with E-state index in [4.69, 9.17) is 5.73 Å². The van der Waals surface area contributed by atoms with Crippen molar-refractivity contribution in [1.82, 2.24) is 9.55 Å². The van der Waals surface area contributed by atoms with Crippen molar-refractivity contribution in [2.24, 2.45) is 12.8 Å². The van der Waals surface area contributed by atoms with E-state index in [-0.39, 0.29) is 6.04 Å². The molecule has 1 heterocycles. The molecule has 4 heteroatoms. The van der Waals surface area contributed by atoms with Gasteiger partial charge in [-0.15, -0.1) is 0 Å². The lowest BCUT2D eigenvalue weighted by Gasteiger charge is -2.14. The van der Waals surface area contributed by atoms with Crippen molar-refractivity contribution in [3.05, 3.63) is 52.0 Å². The first-order chi connectivity index (χ1) is 7.59. The van der Waals surface area contributed by atoms with Crippen LogP contribution in [-0.2, 0) is 7.05 Å². The molecule has 2 N–H and O–H groups in total. The normalized spacial score (nSPS) is 12.8. The van der Waals surface area contributed by atoms with Crippen LogP contribution in [0.3, 0.4) is 0 Å². The lowest BCUT2D eigenvalue weighted by atomic mass is 10.0. The maximum absolute atomic E-state index is 6.22. The van der Waals surface area contributed by atoms with Gasteiger partial charge in [-0.3, -0.25) is 0 Å². The van der Waals surface area contributed by atoms with E-state index in [1.54, 1.807) is 6.20 Å². The summed E-state index contributed by atoms with van der Waals surface area (Å²) in [5.74, 6) is 0.867. The Morgan fingerprint density at radius 3 is 2.81 bits per heavy atom. The standard InChI is InChI=1S/C12H14BrN3/c1-8-3-4-10(13)9(7-8)11(14)12-15-5-6-16(12)2/h3-7,11H,14H2,1-2H3. The molecular formula is C12H14BrN3. The third-order valence-electron chi connectivity index (χ3n) is 2.62. The predicted octanol–water partition coefficient (Wildman–Crippen LogP) is 2.54. The van der Waals surface area contributed by atoms with E-state index < -0.39 is 0 Å². The first kappa shape index (κ1) is 11.4. The van der Waals surface area contributed by atoms with Gasteiger partial charge in [0.2, 0.25) is 0 Å². The number of imidazole rings is 1. The molecule has 16 heavy (non-hydrogen) atoms. The number of nitrogens with zero attached hydrogens (tertiary/aromatic N) is 2. The monoisotopic (exact) mass is 279 g/mol. The molecule has 0 bridgehead atoms. The van der Waals surface area contributed by atoms with E-state index in [1.165, 1.54) is 5.56 Å². The molecule has 0 saturated carbocycles. The average molecular weight is 280 g/mol. The highest BCUT2D eigenvalue weighted by molar-refractivity contribution is 9.10. The second-order valence-electron chi connectivity index (χ2n) is 3.90. The molecule has 1 aromatic carbocycles. The molecule has 1 atom stereocenters. The molecule has 0 spiro atoms. The van der Waals surface area contributed by atoms with Crippen LogP contribution < -0.4 is 5.73 Å². The van der Waals surface area contributed by atoms with Crippen molar-refractivity contribution in [3.63, 3.8) is 0 Å². The summed E-state index contributed by atoms with van der Waals surface area (Å²) in [6, 6.07) is 5.96. The van der Waals surface area contributed by atoms with Crippen molar-refractivity contribution < 1.29 is 0 Å². The van der Waals surface area contributed by atoms with Crippen molar-refractivity contribution >= 4 is 15.9 Å². The molecule has 0 saturated heterocycles. The summed E-state index contributed by atoms with van der Waals surface area (Å²) in [6.45, 7) is 2.06. The van der Waals surface area contributed by atoms with Crippen LogP contribution in [0.5, 0.6) is 0 Å². The highest BCUT2D eigenvalue weighted by atomic mass is 79.9. The summed E-state index contributed by atoms with van der Waals surface area (Å²) < 4.78 is 2.97. The van der Waals surface area contributed by atoms with E-state index >= 15 is 0 Å². The molecule has 2 aromatic rings. The van der Waals surface area contributed by atoms with Crippen molar-refractivity contribution in [3.8, 4) is 0 Å². The Balaban J connectivity index is 2.45. The Kier molecular flexibility index (Phi) is 3.12. The van der Waals surface area contributed by atoms with Crippen LogP contribution in [0.25, 0.3) is 0 Å². The first-order valence-corrected chi connectivity index (χ1v) is 5.87. The van der Waals surface area contributed by atoms with Crippen molar-refractivity contribution in [1.29, 1.82) is 0 Å². The fourth-order valence-electron chi connectivity index (χ4n) is 1.72. The van der Waals surface area contributed by atoms with Crippen molar-refractivity contribution in [2.75, 3.05) is 0 Å². The highest BCUT2D eigenvalue weighted by Gasteiger charge is 2.15. The smallest absolute Gasteiger partial charge is 0.130 e. The average Bonchev–Trinajstić information content (AvgIpc) is 2.67. The second kappa shape index (κ2) is 4.39. The van der Waals surface area contributed by atoms with E-state index in [1.807, 2.05) is 23.9 Å². The molecule has 0 aliphatic carbocycles. The molecule has 0 radical (unpaired) electrons. The van der Waals surface area contributed by atoms with E-state index in [9.17, 15) is 0 Å². The van der Waals surface area contributed by atoms with Crippen LogP contribution in [-0.4, -0.2) is 9.55 Å². The molecule has 1 unspecified atom stereocenters. The predicted molar refractivity (Wildman–Crippen MR) is 68.1 cm³/mol. The number of halogens is 1. The quantitative estimate of drug-likeness (QED) is 0.918. The van der Waals surface area contributed by atoms with Crippen LogP contribution in [0.2, 0.25) is 0 Å². The zero-order valence-corrected chi connectivity index (χ0v) is 10.9. The molecule has 84 valence electrons. The van der Waals surface area contributed by atoms with E-state index in [0.29, 0.717) is 0 Å². The minimum absolute atomic E-state index is 0.200. The fraction of sp³-hybridized carbons (Fsp3) is 0.250. The summed E-state index contributed by atoms with van der Waals surface area (Å²) in [5, 5.41) is 0. The third kappa shape index (κ3) is 2.03. The summed E-state index contributed by atoms with van der Waals surface area (Å²) >= 11 is 3.52. The highest BCUT2D eigenvalue weighted by Crippen LogP contribution is 2.26. The Morgan fingerprint density at radius 1 is 1.44 bits per heavy atom. The van der Waals surface area contributed by atoms with Gasteiger partial charge in [-0.1, -0.05) is 33.6 Å². The number of aromatic nitrogens is 2. The van der Waals surface area contributed by atoms with Gasteiger partial charge in [0, 0.05) is 23.9 Å². The van der Waals surface area contributed by atoms with Crippen molar-refractivity contribution in [2.45, 2.75) is 13.0 Å².